The summed E-state index contributed by atoms with van der Waals surface area (Å²) in [7, 11) is 3.96. The molecule has 4 heterocycles. The van der Waals surface area contributed by atoms with Gasteiger partial charge in [-0.2, -0.15) is 0 Å². The smallest absolute Gasteiger partial charge is 0.186 e. The molecule has 3 aliphatic rings. The summed E-state index contributed by atoms with van der Waals surface area (Å²) in [5.41, 5.74) is 5.94. The molecule has 0 amide bonds. The molecule has 0 aliphatic carbocycles. The molecule has 0 saturated carbocycles. The SMILES string of the molecule is CC.CC(C)(C)c1ccc(-[s+]2ccc3ccccc32)cc1.CC(C)(C)c1ccc([S+]2CCCCC2)cc1.COc1c(C)cc([S+]2CCCCC2)cc1C.C[S+](C)c1ccccc1.c1ccc([S+]2CCCCC2)cc1. The van der Waals surface area contributed by atoms with Crippen LogP contribution in [0.2, 0.25) is 0 Å². The Morgan fingerprint density at radius 1 is 0.419 bits per heavy atom. The van der Waals surface area contributed by atoms with Crippen LogP contribution in [0.15, 0.2) is 177 Å². The number of hydrogen-bond donors (Lipinski definition) is 0. The Labute approximate surface area is 466 Å². The van der Waals surface area contributed by atoms with Crippen molar-refractivity contribution in [1.29, 1.82) is 0 Å². The van der Waals surface area contributed by atoms with Gasteiger partial charge in [0.15, 0.2) is 29.2 Å². The minimum absolute atomic E-state index is 0.119. The number of ether oxygens (including phenoxy) is 1. The minimum Gasteiger partial charge on any atom is -0.496 e. The Hall–Kier alpha value is -3.52. The standard InChI is InChI=1S/C18H19S.C15H23S.C14H21OS.C11H15S.C8H11S.C2H6/c1-18(2,3)15-8-10-16(11-9-15)19-13-12-14-6-4-5-7-17(14)19;1-15(2,3)13-7-9-14(10-8-13)16-11-5-4-6-12-16;1-11-9-13(10-12(2)14(11)15-3)16-7-5-4-6-8-16;1-3-7-11(8-4-1)12-9-5-2-6-10-12;1-9(2)8-6-4-3-5-7-8;1-2/h4-13H,1-3H3;7-10H,4-6,11-12H2,1-3H3;9-10H,4-8H2,1-3H3;1,3-4,7-8H,2,5-6,9-10H2;3-7H,1-2H3;1-2H3/q5*+1;. The zero-order chi connectivity index (χ0) is 53.5. The van der Waals surface area contributed by atoms with E-state index in [4.69, 9.17) is 4.74 Å². The van der Waals surface area contributed by atoms with Gasteiger partial charge in [-0.1, -0.05) is 128 Å². The Balaban J connectivity index is 0.000000173. The van der Waals surface area contributed by atoms with E-state index >= 15 is 0 Å². The number of aryl methyl sites for hydroxylation is 2. The summed E-state index contributed by atoms with van der Waals surface area (Å²) in [5.74, 6) is 9.57. The molecule has 1 atom stereocenters. The highest BCUT2D eigenvalue weighted by molar-refractivity contribution is 7.97. The van der Waals surface area contributed by atoms with E-state index in [2.05, 4.69) is 225 Å². The third-order valence-corrected chi connectivity index (χ3v) is 24.4. The summed E-state index contributed by atoms with van der Waals surface area (Å²) >= 11 is 0. The molecular weight excluding hydrogens is 993 g/mol. The first-order valence-corrected chi connectivity index (χ1v) is 35.7. The van der Waals surface area contributed by atoms with Gasteiger partial charge < -0.3 is 4.74 Å². The maximum absolute atomic E-state index is 5.42. The first-order chi connectivity index (χ1) is 35.6. The van der Waals surface area contributed by atoms with Gasteiger partial charge in [0.1, 0.15) is 58.2 Å². The van der Waals surface area contributed by atoms with Crippen LogP contribution in [-0.2, 0) is 54.4 Å². The van der Waals surface area contributed by atoms with E-state index in [1.54, 1.807) is 21.8 Å². The van der Waals surface area contributed by atoms with Crippen LogP contribution < -0.4 is 4.74 Å². The lowest BCUT2D eigenvalue weighted by Crippen LogP contribution is -2.18. The van der Waals surface area contributed by atoms with Crippen molar-refractivity contribution in [3.05, 3.63) is 179 Å². The van der Waals surface area contributed by atoms with E-state index in [0.717, 1.165) is 5.75 Å². The molecule has 1 unspecified atom stereocenters. The largest absolute Gasteiger partial charge is 0.496 e. The van der Waals surface area contributed by atoms with E-state index in [9.17, 15) is 0 Å². The summed E-state index contributed by atoms with van der Waals surface area (Å²) in [6.07, 6.45) is 17.4. The molecule has 0 bridgehead atoms. The average molecular weight is 1090 g/mol. The lowest BCUT2D eigenvalue weighted by Gasteiger charge is -2.19. The van der Waals surface area contributed by atoms with Gasteiger partial charge in [0, 0.05) is 65.5 Å². The zero-order valence-electron chi connectivity index (χ0n) is 48.1. The summed E-state index contributed by atoms with van der Waals surface area (Å²) in [6, 6.07) is 55.7. The minimum atomic E-state index is 0.119. The third-order valence-electron chi connectivity index (χ3n) is 13.7. The highest BCUT2D eigenvalue weighted by atomic mass is 32.2. The molecule has 74 heavy (non-hydrogen) atoms. The topological polar surface area (TPSA) is 9.23 Å². The van der Waals surface area contributed by atoms with E-state index < -0.39 is 0 Å². The van der Waals surface area contributed by atoms with Crippen LogP contribution in [0.25, 0.3) is 15.0 Å². The lowest BCUT2D eigenvalue weighted by molar-refractivity contribution is 0.408. The second-order valence-corrected chi connectivity index (χ2v) is 32.4. The molecule has 1 nitrogen and oxygen atoms in total. The van der Waals surface area contributed by atoms with Crippen molar-refractivity contribution in [3.63, 3.8) is 0 Å². The van der Waals surface area contributed by atoms with Gasteiger partial charge in [-0.25, -0.2) is 0 Å². The van der Waals surface area contributed by atoms with Crippen molar-refractivity contribution in [1.82, 2.24) is 0 Å². The van der Waals surface area contributed by atoms with Gasteiger partial charge in [0.2, 0.25) is 0 Å². The molecule has 1 aromatic heterocycles. The first kappa shape index (κ1) is 61.3. The lowest BCUT2D eigenvalue weighted by atomic mass is 9.87. The fourth-order valence-corrected chi connectivity index (χ4v) is 19.1. The van der Waals surface area contributed by atoms with E-state index in [0.29, 0.717) is 43.6 Å². The predicted octanol–water partition coefficient (Wildman–Crippen LogP) is 19.3. The zero-order valence-corrected chi connectivity index (χ0v) is 52.1. The Morgan fingerprint density at radius 3 is 1.20 bits per heavy atom. The van der Waals surface area contributed by atoms with Crippen molar-refractivity contribution in [2.45, 2.75) is 157 Å². The fraction of sp³-hybridized carbons (Fsp3) is 0.441. The molecule has 3 aliphatic heterocycles. The molecule has 10 rings (SSSR count). The van der Waals surface area contributed by atoms with E-state index in [1.165, 1.54) is 134 Å². The van der Waals surface area contributed by atoms with E-state index in [1.807, 2.05) is 13.8 Å². The van der Waals surface area contributed by atoms with Crippen LogP contribution in [0.4, 0.5) is 0 Å². The molecule has 3 saturated heterocycles. The molecule has 0 radical (unpaired) electrons. The maximum Gasteiger partial charge on any atom is 0.186 e. The van der Waals surface area contributed by atoms with E-state index in [-0.39, 0.29) is 21.3 Å². The molecule has 6 heteroatoms. The van der Waals surface area contributed by atoms with Crippen LogP contribution in [0.1, 0.15) is 135 Å². The van der Waals surface area contributed by atoms with Gasteiger partial charge in [0.05, 0.1) is 7.11 Å². The number of rotatable bonds is 6. The summed E-state index contributed by atoms with van der Waals surface area (Å²) in [5, 5.41) is 3.70. The molecular formula is C68H95OS5+5. The monoisotopic (exact) mass is 1090 g/mol. The van der Waals surface area contributed by atoms with Crippen LogP contribution in [0, 0.1) is 13.8 Å². The number of benzene rings is 6. The average Bonchev–Trinajstić information content (AvgIpc) is 3.87. The fourth-order valence-electron chi connectivity index (χ4n) is 9.39. The predicted molar refractivity (Wildman–Crippen MR) is 343 cm³/mol. The van der Waals surface area contributed by atoms with Gasteiger partial charge in [0.25, 0.3) is 0 Å². The van der Waals surface area contributed by atoms with Crippen molar-refractivity contribution >= 4 is 64.1 Å². The molecule has 7 aromatic rings. The third kappa shape index (κ3) is 19.5. The van der Waals surface area contributed by atoms with Gasteiger partial charge in [-0.3, -0.25) is 0 Å². The Morgan fingerprint density at radius 2 is 0.797 bits per heavy atom. The number of thiophene rings is 1. The van der Waals surface area contributed by atoms with Gasteiger partial charge >= 0.3 is 0 Å². The van der Waals surface area contributed by atoms with Crippen LogP contribution in [-0.4, -0.2) is 54.1 Å². The van der Waals surface area contributed by atoms with Crippen molar-refractivity contribution < 1.29 is 4.74 Å². The molecule has 6 aromatic carbocycles. The van der Waals surface area contributed by atoms with Crippen molar-refractivity contribution in [2.24, 2.45) is 0 Å². The summed E-state index contributed by atoms with van der Waals surface area (Å²) < 4.78 is 6.87. The van der Waals surface area contributed by atoms with Crippen LogP contribution in [0.3, 0.4) is 0 Å². The highest BCUT2D eigenvalue weighted by Gasteiger charge is 2.28. The molecule has 0 N–H and O–H groups in total. The normalized spacial score (nSPS) is 15.6. The Bertz CT molecular complexity index is 2580. The van der Waals surface area contributed by atoms with Crippen molar-refractivity contribution in [2.75, 3.05) is 54.1 Å². The van der Waals surface area contributed by atoms with Gasteiger partial charge in [-0.15, -0.1) is 0 Å². The number of methoxy groups -OCH3 is 1. The maximum atomic E-state index is 5.42. The first-order valence-electron chi connectivity index (χ1n) is 27.7. The van der Waals surface area contributed by atoms with Gasteiger partial charge in [-0.05, 0) is 178 Å². The summed E-state index contributed by atoms with van der Waals surface area (Å²) in [4.78, 5) is 7.58. The molecule has 398 valence electrons. The van der Waals surface area contributed by atoms with Crippen molar-refractivity contribution in [3.8, 4) is 10.6 Å². The summed E-state index contributed by atoms with van der Waals surface area (Å²) in [6.45, 7) is 21.9. The quantitative estimate of drug-likeness (QED) is 0.151. The Kier molecular flexibility index (Phi) is 26.2. The molecule has 0 spiro atoms. The second kappa shape index (κ2) is 31.6. The number of hydrogen-bond acceptors (Lipinski definition) is 1. The highest BCUT2D eigenvalue weighted by Crippen LogP contribution is 2.40. The number of fused-ring (bicyclic) bond motifs is 1. The van der Waals surface area contributed by atoms with Crippen LogP contribution >= 0.6 is 10.5 Å². The second-order valence-electron chi connectivity index (χ2n) is 21.6. The molecule has 3 fully saturated rings. The van der Waals surface area contributed by atoms with Crippen LogP contribution in [0.5, 0.6) is 5.75 Å².